The molecule has 0 saturated heterocycles. The molecule has 0 spiro atoms. The Hall–Kier alpha value is -1.69. The van der Waals surface area contributed by atoms with Gasteiger partial charge in [-0.25, -0.2) is 0 Å². The van der Waals surface area contributed by atoms with Gasteiger partial charge in [0.15, 0.2) is 0 Å². The van der Waals surface area contributed by atoms with Crippen LogP contribution in [0.3, 0.4) is 0 Å². The first-order chi connectivity index (χ1) is 9.69. The number of aromatic nitrogens is 1. The highest BCUT2D eigenvalue weighted by Crippen LogP contribution is 2.07. The van der Waals surface area contributed by atoms with E-state index in [-0.39, 0.29) is 0 Å². The molecule has 0 atom stereocenters. The average molecular weight is 270 g/mol. The van der Waals surface area contributed by atoms with Gasteiger partial charge in [-0.3, -0.25) is 9.88 Å². The second kappa shape index (κ2) is 7.19. The molecule has 1 aromatic carbocycles. The van der Waals surface area contributed by atoms with Crippen molar-refractivity contribution in [2.45, 2.75) is 20.0 Å². The Morgan fingerprint density at radius 2 is 1.95 bits per heavy atom. The second-order valence-electron chi connectivity index (χ2n) is 4.74. The lowest BCUT2D eigenvalue weighted by Gasteiger charge is -2.20. The lowest BCUT2D eigenvalue weighted by atomic mass is 9.79. The summed E-state index contributed by atoms with van der Waals surface area (Å²) >= 11 is 0. The van der Waals surface area contributed by atoms with Crippen molar-refractivity contribution in [3.63, 3.8) is 0 Å². The maximum Gasteiger partial charge on any atom is 0.488 e. The zero-order chi connectivity index (χ0) is 14.4. The summed E-state index contributed by atoms with van der Waals surface area (Å²) in [5.41, 5.74) is 2.62. The molecule has 2 aromatic rings. The third-order valence-corrected chi connectivity index (χ3v) is 3.21. The van der Waals surface area contributed by atoms with Gasteiger partial charge in [0, 0.05) is 19.3 Å². The van der Waals surface area contributed by atoms with Crippen molar-refractivity contribution in [1.82, 2.24) is 9.88 Å². The third kappa shape index (κ3) is 4.16. The Morgan fingerprint density at radius 1 is 1.10 bits per heavy atom. The summed E-state index contributed by atoms with van der Waals surface area (Å²) in [4.78, 5) is 6.59. The van der Waals surface area contributed by atoms with Gasteiger partial charge in [0.2, 0.25) is 0 Å². The molecule has 0 saturated carbocycles. The maximum atomic E-state index is 9.21. The van der Waals surface area contributed by atoms with Crippen LogP contribution in [0.2, 0.25) is 0 Å². The zero-order valence-corrected chi connectivity index (χ0v) is 11.6. The minimum atomic E-state index is -1.42. The summed E-state index contributed by atoms with van der Waals surface area (Å²) in [5, 5.41) is 18.4. The van der Waals surface area contributed by atoms with Crippen molar-refractivity contribution in [2.75, 3.05) is 6.54 Å². The topological polar surface area (TPSA) is 56.6 Å². The maximum absolute atomic E-state index is 9.21. The van der Waals surface area contributed by atoms with Crippen molar-refractivity contribution in [1.29, 1.82) is 0 Å². The summed E-state index contributed by atoms with van der Waals surface area (Å²) in [7, 11) is -1.42. The normalized spacial score (nSPS) is 10.8. The van der Waals surface area contributed by atoms with Gasteiger partial charge < -0.3 is 10.0 Å². The fourth-order valence-electron chi connectivity index (χ4n) is 2.11. The van der Waals surface area contributed by atoms with Crippen LogP contribution in [0.15, 0.2) is 48.7 Å². The van der Waals surface area contributed by atoms with Crippen LogP contribution in [-0.4, -0.2) is 33.6 Å². The predicted octanol–water partition coefficient (Wildman–Crippen LogP) is 0.783. The van der Waals surface area contributed by atoms with Crippen LogP contribution >= 0.6 is 0 Å². The van der Waals surface area contributed by atoms with Gasteiger partial charge in [-0.1, -0.05) is 37.3 Å². The van der Waals surface area contributed by atoms with Crippen LogP contribution in [0.1, 0.15) is 18.2 Å². The monoisotopic (exact) mass is 270 g/mol. The van der Waals surface area contributed by atoms with Crippen molar-refractivity contribution in [3.8, 4) is 0 Å². The van der Waals surface area contributed by atoms with Crippen molar-refractivity contribution in [3.05, 3.63) is 59.9 Å². The Bertz CT molecular complexity index is 534. The summed E-state index contributed by atoms with van der Waals surface area (Å²) in [6, 6.07) is 13.3. The molecule has 1 heterocycles. The van der Waals surface area contributed by atoms with Gasteiger partial charge in [0.1, 0.15) is 0 Å². The van der Waals surface area contributed by atoms with Crippen molar-refractivity contribution < 1.29 is 10.0 Å². The molecule has 0 unspecified atom stereocenters. The molecule has 1 aromatic heterocycles. The Morgan fingerprint density at radius 3 is 2.60 bits per heavy atom. The van der Waals surface area contributed by atoms with E-state index in [1.54, 1.807) is 12.3 Å². The molecule has 0 radical (unpaired) electrons. The fraction of sp³-hybridized carbons (Fsp3) is 0.267. The van der Waals surface area contributed by atoms with E-state index in [4.69, 9.17) is 0 Å². The number of hydrogen-bond donors (Lipinski definition) is 2. The molecule has 20 heavy (non-hydrogen) atoms. The van der Waals surface area contributed by atoms with E-state index in [1.165, 1.54) is 0 Å². The highest BCUT2D eigenvalue weighted by molar-refractivity contribution is 6.58. The van der Waals surface area contributed by atoms with Gasteiger partial charge in [-0.2, -0.15) is 0 Å². The first kappa shape index (κ1) is 14.7. The molecule has 0 aliphatic rings. The van der Waals surface area contributed by atoms with Crippen LogP contribution in [-0.2, 0) is 13.1 Å². The number of rotatable bonds is 6. The van der Waals surface area contributed by atoms with Crippen molar-refractivity contribution >= 4 is 12.6 Å². The first-order valence-electron chi connectivity index (χ1n) is 6.76. The third-order valence-electron chi connectivity index (χ3n) is 3.21. The van der Waals surface area contributed by atoms with E-state index in [2.05, 4.69) is 16.8 Å². The Kier molecular flexibility index (Phi) is 5.29. The molecule has 4 nitrogen and oxygen atoms in total. The predicted molar refractivity (Wildman–Crippen MR) is 80.3 cm³/mol. The van der Waals surface area contributed by atoms with Crippen molar-refractivity contribution in [2.24, 2.45) is 0 Å². The van der Waals surface area contributed by atoms with E-state index in [1.807, 2.05) is 36.4 Å². The Balaban J connectivity index is 2.04. The molecule has 5 heteroatoms. The molecule has 0 amide bonds. The lowest BCUT2D eigenvalue weighted by molar-refractivity contribution is 0.268. The lowest BCUT2D eigenvalue weighted by Crippen LogP contribution is -2.30. The fourth-order valence-corrected chi connectivity index (χ4v) is 2.11. The first-order valence-corrected chi connectivity index (χ1v) is 6.76. The largest absolute Gasteiger partial charge is 0.488 e. The molecular weight excluding hydrogens is 251 g/mol. The molecule has 0 aliphatic heterocycles. The number of hydrogen-bond acceptors (Lipinski definition) is 4. The van der Waals surface area contributed by atoms with E-state index in [0.29, 0.717) is 5.46 Å². The van der Waals surface area contributed by atoms with E-state index < -0.39 is 7.12 Å². The molecule has 104 valence electrons. The number of benzene rings is 1. The minimum Gasteiger partial charge on any atom is -0.423 e. The number of nitrogens with zero attached hydrogens (tertiary/aromatic N) is 2. The van der Waals surface area contributed by atoms with Crippen LogP contribution in [0.25, 0.3) is 0 Å². The SMILES string of the molecule is CCN(Cc1cccc(B(O)O)c1)Cc1ccccn1. The quantitative estimate of drug-likeness (QED) is 0.762. The highest BCUT2D eigenvalue weighted by Gasteiger charge is 2.12. The molecule has 0 bridgehead atoms. The van der Waals surface area contributed by atoms with E-state index >= 15 is 0 Å². The average Bonchev–Trinajstić information content (AvgIpc) is 2.48. The molecule has 2 rings (SSSR count). The minimum absolute atomic E-state index is 0.524. The standard InChI is InChI=1S/C15H19BN2O2/c1-2-18(12-15-8-3-4-9-17-15)11-13-6-5-7-14(10-13)16(19)20/h3-10,19-20H,2,11-12H2,1H3. The summed E-state index contributed by atoms with van der Waals surface area (Å²) in [5.74, 6) is 0. The summed E-state index contributed by atoms with van der Waals surface area (Å²) < 4.78 is 0. The smallest absolute Gasteiger partial charge is 0.423 e. The van der Waals surface area contributed by atoms with E-state index in [9.17, 15) is 10.0 Å². The van der Waals surface area contributed by atoms with Gasteiger partial charge in [0.25, 0.3) is 0 Å². The second-order valence-corrected chi connectivity index (χ2v) is 4.74. The molecule has 0 fully saturated rings. The van der Waals surface area contributed by atoms with Gasteiger partial charge >= 0.3 is 7.12 Å². The molecule has 2 N–H and O–H groups in total. The van der Waals surface area contributed by atoms with Gasteiger partial charge in [-0.15, -0.1) is 0 Å². The van der Waals surface area contributed by atoms with Gasteiger partial charge in [-0.05, 0) is 29.7 Å². The van der Waals surface area contributed by atoms with Crippen LogP contribution in [0.4, 0.5) is 0 Å². The van der Waals surface area contributed by atoms with Gasteiger partial charge in [0.05, 0.1) is 5.69 Å². The summed E-state index contributed by atoms with van der Waals surface area (Å²) in [6.45, 7) is 4.55. The van der Waals surface area contributed by atoms with Crippen LogP contribution < -0.4 is 5.46 Å². The summed E-state index contributed by atoms with van der Waals surface area (Å²) in [6.07, 6.45) is 1.80. The Labute approximate surface area is 119 Å². The van der Waals surface area contributed by atoms with Crippen LogP contribution in [0, 0.1) is 0 Å². The van der Waals surface area contributed by atoms with Crippen LogP contribution in [0.5, 0.6) is 0 Å². The highest BCUT2D eigenvalue weighted by atomic mass is 16.4. The molecule has 0 aliphatic carbocycles. The zero-order valence-electron chi connectivity index (χ0n) is 11.6. The number of pyridine rings is 1. The van der Waals surface area contributed by atoms with E-state index in [0.717, 1.165) is 30.9 Å². The molecular formula is C15H19BN2O2.